The van der Waals surface area contributed by atoms with Gasteiger partial charge in [-0.2, -0.15) is 0 Å². The molecule has 2 N–H and O–H groups in total. The first kappa shape index (κ1) is 12.9. The molecule has 0 fully saturated rings. The van der Waals surface area contributed by atoms with Gasteiger partial charge in [-0.25, -0.2) is 4.98 Å². The highest BCUT2D eigenvalue weighted by Gasteiger charge is 2.05. The Bertz CT molecular complexity index is 508. The molecule has 0 amide bonds. The molecule has 98 valence electrons. The highest BCUT2D eigenvalue weighted by molar-refractivity contribution is 5.76. The van der Waals surface area contributed by atoms with Crippen LogP contribution in [0.4, 0.5) is 5.69 Å². The standard InChI is InChI=1S/C13H18N2O3/c1-9(2)17-6-5-16-8-13-15-11-7-10(14)3-4-12(11)18-13/h3-4,7,9H,5-6,8,14H2,1-2H3. The summed E-state index contributed by atoms with van der Waals surface area (Å²) in [6, 6.07) is 5.38. The molecule has 0 saturated carbocycles. The van der Waals surface area contributed by atoms with Crippen molar-refractivity contribution in [3.8, 4) is 0 Å². The summed E-state index contributed by atoms with van der Waals surface area (Å²) in [6.07, 6.45) is 0.223. The number of benzene rings is 1. The van der Waals surface area contributed by atoms with Crippen LogP contribution in [-0.4, -0.2) is 24.3 Å². The fourth-order valence-corrected chi connectivity index (χ4v) is 1.56. The monoisotopic (exact) mass is 250 g/mol. The lowest BCUT2D eigenvalue weighted by Gasteiger charge is -2.06. The Balaban J connectivity index is 1.84. The second-order valence-corrected chi connectivity index (χ2v) is 4.31. The maximum Gasteiger partial charge on any atom is 0.221 e. The minimum absolute atomic E-state index is 0.223. The number of fused-ring (bicyclic) bond motifs is 1. The van der Waals surface area contributed by atoms with Crippen LogP contribution in [0.25, 0.3) is 11.1 Å². The van der Waals surface area contributed by atoms with E-state index in [0.717, 1.165) is 11.1 Å². The van der Waals surface area contributed by atoms with Crippen molar-refractivity contribution in [2.24, 2.45) is 0 Å². The summed E-state index contributed by atoms with van der Waals surface area (Å²) in [6.45, 7) is 5.43. The number of anilines is 1. The molecular weight excluding hydrogens is 232 g/mol. The summed E-state index contributed by atoms with van der Waals surface area (Å²) in [4.78, 5) is 4.29. The zero-order valence-corrected chi connectivity index (χ0v) is 10.7. The summed E-state index contributed by atoms with van der Waals surface area (Å²) in [5, 5.41) is 0. The van der Waals surface area contributed by atoms with Gasteiger partial charge in [0, 0.05) is 5.69 Å². The van der Waals surface area contributed by atoms with E-state index in [0.29, 0.717) is 31.4 Å². The first-order chi connectivity index (χ1) is 8.65. The van der Waals surface area contributed by atoms with Gasteiger partial charge in [-0.1, -0.05) is 0 Å². The van der Waals surface area contributed by atoms with Crippen LogP contribution >= 0.6 is 0 Å². The maximum absolute atomic E-state index is 5.67. The Labute approximate surface area is 106 Å². The van der Waals surface area contributed by atoms with E-state index in [4.69, 9.17) is 19.6 Å². The molecule has 0 aliphatic rings. The molecule has 18 heavy (non-hydrogen) atoms. The van der Waals surface area contributed by atoms with Gasteiger partial charge in [0.05, 0.1) is 19.3 Å². The average Bonchev–Trinajstić information content (AvgIpc) is 2.70. The largest absolute Gasteiger partial charge is 0.438 e. The molecule has 0 radical (unpaired) electrons. The summed E-state index contributed by atoms with van der Waals surface area (Å²) < 4.78 is 16.3. The summed E-state index contributed by atoms with van der Waals surface area (Å²) >= 11 is 0. The highest BCUT2D eigenvalue weighted by atomic mass is 16.5. The van der Waals surface area contributed by atoms with Crippen LogP contribution in [0, 0.1) is 0 Å². The van der Waals surface area contributed by atoms with Crippen molar-refractivity contribution in [1.82, 2.24) is 4.98 Å². The number of oxazole rings is 1. The Morgan fingerprint density at radius 3 is 2.94 bits per heavy atom. The van der Waals surface area contributed by atoms with Gasteiger partial charge >= 0.3 is 0 Å². The number of rotatable bonds is 6. The van der Waals surface area contributed by atoms with Gasteiger partial charge in [-0.15, -0.1) is 0 Å². The SMILES string of the molecule is CC(C)OCCOCc1nc2cc(N)ccc2o1. The van der Waals surface area contributed by atoms with E-state index in [1.807, 2.05) is 19.9 Å². The van der Waals surface area contributed by atoms with Crippen molar-refractivity contribution >= 4 is 16.8 Å². The fourth-order valence-electron chi connectivity index (χ4n) is 1.56. The third-order valence-electron chi connectivity index (χ3n) is 2.36. The van der Waals surface area contributed by atoms with Gasteiger partial charge in [0.25, 0.3) is 0 Å². The number of nitrogen functional groups attached to an aromatic ring is 1. The first-order valence-electron chi connectivity index (χ1n) is 5.99. The van der Waals surface area contributed by atoms with E-state index in [2.05, 4.69) is 4.98 Å². The Hall–Kier alpha value is -1.59. The number of nitrogens with zero attached hydrogens (tertiary/aromatic N) is 1. The summed E-state index contributed by atoms with van der Waals surface area (Å²) in [7, 11) is 0. The fraction of sp³-hybridized carbons (Fsp3) is 0.462. The first-order valence-corrected chi connectivity index (χ1v) is 5.99. The quantitative estimate of drug-likeness (QED) is 0.629. The van der Waals surface area contributed by atoms with Crippen LogP contribution < -0.4 is 5.73 Å². The molecule has 5 nitrogen and oxygen atoms in total. The predicted molar refractivity (Wildman–Crippen MR) is 69.2 cm³/mol. The molecule has 0 saturated heterocycles. The lowest BCUT2D eigenvalue weighted by atomic mass is 10.3. The van der Waals surface area contributed by atoms with Crippen molar-refractivity contribution in [2.45, 2.75) is 26.6 Å². The Morgan fingerprint density at radius 1 is 1.33 bits per heavy atom. The number of ether oxygens (including phenoxy) is 2. The normalized spacial score (nSPS) is 11.5. The number of hydrogen-bond acceptors (Lipinski definition) is 5. The average molecular weight is 250 g/mol. The van der Waals surface area contributed by atoms with Gasteiger partial charge in [-0.05, 0) is 32.0 Å². The third-order valence-corrected chi connectivity index (χ3v) is 2.36. The Morgan fingerprint density at radius 2 is 2.17 bits per heavy atom. The smallest absolute Gasteiger partial charge is 0.221 e. The second-order valence-electron chi connectivity index (χ2n) is 4.31. The highest BCUT2D eigenvalue weighted by Crippen LogP contribution is 2.18. The van der Waals surface area contributed by atoms with Crippen LogP contribution in [0.5, 0.6) is 0 Å². The van der Waals surface area contributed by atoms with E-state index in [9.17, 15) is 0 Å². The second kappa shape index (κ2) is 5.84. The van der Waals surface area contributed by atoms with Gasteiger partial charge in [-0.3, -0.25) is 0 Å². The van der Waals surface area contributed by atoms with E-state index < -0.39 is 0 Å². The van der Waals surface area contributed by atoms with Crippen molar-refractivity contribution in [2.75, 3.05) is 18.9 Å². The lowest BCUT2D eigenvalue weighted by Crippen LogP contribution is -2.09. The van der Waals surface area contributed by atoms with Crippen LogP contribution in [0.15, 0.2) is 22.6 Å². The van der Waals surface area contributed by atoms with Crippen molar-refractivity contribution in [1.29, 1.82) is 0 Å². The number of aromatic nitrogens is 1. The molecule has 0 aliphatic carbocycles. The molecule has 1 aromatic heterocycles. The van der Waals surface area contributed by atoms with Gasteiger partial charge in [0.2, 0.25) is 5.89 Å². The van der Waals surface area contributed by atoms with Crippen LogP contribution in [0.2, 0.25) is 0 Å². The molecule has 0 unspecified atom stereocenters. The van der Waals surface area contributed by atoms with Gasteiger partial charge in [0.15, 0.2) is 5.58 Å². The zero-order valence-electron chi connectivity index (χ0n) is 10.7. The summed E-state index contributed by atoms with van der Waals surface area (Å²) in [5.41, 5.74) is 7.83. The number of hydrogen-bond donors (Lipinski definition) is 1. The van der Waals surface area contributed by atoms with E-state index >= 15 is 0 Å². The topological polar surface area (TPSA) is 70.5 Å². The molecule has 0 spiro atoms. The molecule has 0 bridgehead atoms. The lowest BCUT2D eigenvalue weighted by molar-refractivity contribution is 0.00959. The Kier molecular flexibility index (Phi) is 4.17. The van der Waals surface area contributed by atoms with E-state index in [-0.39, 0.29) is 6.10 Å². The van der Waals surface area contributed by atoms with Crippen LogP contribution in [-0.2, 0) is 16.1 Å². The molecule has 2 rings (SSSR count). The van der Waals surface area contributed by atoms with Gasteiger partial charge in [0.1, 0.15) is 12.1 Å². The zero-order chi connectivity index (χ0) is 13.0. The van der Waals surface area contributed by atoms with Crippen LogP contribution in [0.3, 0.4) is 0 Å². The molecule has 1 aromatic carbocycles. The predicted octanol–water partition coefficient (Wildman–Crippen LogP) is 2.35. The van der Waals surface area contributed by atoms with E-state index in [1.165, 1.54) is 0 Å². The minimum atomic E-state index is 0.223. The molecule has 2 aromatic rings. The van der Waals surface area contributed by atoms with Crippen molar-refractivity contribution in [3.05, 3.63) is 24.1 Å². The number of nitrogens with two attached hydrogens (primary N) is 1. The third kappa shape index (κ3) is 3.45. The van der Waals surface area contributed by atoms with Crippen molar-refractivity contribution in [3.63, 3.8) is 0 Å². The maximum atomic E-state index is 5.67. The van der Waals surface area contributed by atoms with Crippen LogP contribution in [0.1, 0.15) is 19.7 Å². The summed E-state index contributed by atoms with van der Waals surface area (Å²) in [5.74, 6) is 0.556. The van der Waals surface area contributed by atoms with E-state index in [1.54, 1.807) is 12.1 Å². The van der Waals surface area contributed by atoms with Gasteiger partial charge < -0.3 is 19.6 Å². The molecule has 0 aliphatic heterocycles. The molecule has 5 heteroatoms. The molecular formula is C13H18N2O3. The van der Waals surface area contributed by atoms with Crippen molar-refractivity contribution < 1.29 is 13.9 Å². The molecule has 0 atom stereocenters. The molecule has 1 heterocycles. The minimum Gasteiger partial charge on any atom is -0.438 e.